The molecule has 1 aromatic carbocycles. The van der Waals surface area contributed by atoms with Crippen molar-refractivity contribution in [1.82, 2.24) is 5.32 Å². The van der Waals surface area contributed by atoms with E-state index in [1.54, 1.807) is 45.0 Å². The number of esters is 1. The molecule has 0 aromatic heterocycles. The van der Waals surface area contributed by atoms with Crippen molar-refractivity contribution in [3.8, 4) is 0 Å². The second-order valence-electron chi connectivity index (χ2n) is 7.59. The van der Waals surface area contributed by atoms with Gasteiger partial charge in [-0.15, -0.1) is 0 Å². The van der Waals surface area contributed by atoms with Crippen molar-refractivity contribution in [1.29, 1.82) is 0 Å². The predicted octanol–water partition coefficient (Wildman–Crippen LogP) is 2.99. The van der Waals surface area contributed by atoms with Gasteiger partial charge >= 0.3 is 5.97 Å². The third kappa shape index (κ3) is 4.22. The maximum absolute atomic E-state index is 12.5. The summed E-state index contributed by atoms with van der Waals surface area (Å²) in [6.07, 6.45) is 0.242. The smallest absolute Gasteiger partial charge is 0.338 e. The number of carbonyl (C=O) groups excluding carboxylic acids is 3. The van der Waals surface area contributed by atoms with Crippen LogP contribution in [0.5, 0.6) is 0 Å². The largest absolute Gasteiger partial charge is 0.456 e. The molecule has 0 saturated carbocycles. The molecular formula is C19H25NO4. The van der Waals surface area contributed by atoms with Gasteiger partial charge in [0.2, 0.25) is 5.91 Å². The SMILES string of the molecule is CC(C)C1C(=O)NC1CC(=O)c1cccc(C(=O)OC(C)(C)C)c1. The van der Waals surface area contributed by atoms with E-state index in [1.165, 1.54) is 0 Å². The molecule has 0 aliphatic carbocycles. The number of ketones is 1. The van der Waals surface area contributed by atoms with E-state index in [4.69, 9.17) is 4.74 Å². The number of amides is 1. The topological polar surface area (TPSA) is 72.5 Å². The molecule has 5 heteroatoms. The molecular weight excluding hydrogens is 306 g/mol. The lowest BCUT2D eigenvalue weighted by molar-refractivity contribution is -0.137. The van der Waals surface area contributed by atoms with Crippen LogP contribution in [0.3, 0.4) is 0 Å². The second kappa shape index (κ2) is 6.75. The molecule has 1 amide bonds. The molecule has 2 rings (SSSR count). The van der Waals surface area contributed by atoms with Gasteiger partial charge in [0.15, 0.2) is 5.78 Å². The molecule has 5 nitrogen and oxygen atoms in total. The van der Waals surface area contributed by atoms with Gasteiger partial charge in [0.05, 0.1) is 11.5 Å². The summed E-state index contributed by atoms with van der Waals surface area (Å²) in [6, 6.07) is 6.41. The predicted molar refractivity (Wildman–Crippen MR) is 90.8 cm³/mol. The Labute approximate surface area is 142 Å². The van der Waals surface area contributed by atoms with Crippen LogP contribution in [0, 0.1) is 11.8 Å². The maximum atomic E-state index is 12.5. The molecule has 1 saturated heterocycles. The Bertz CT molecular complexity index is 658. The van der Waals surface area contributed by atoms with Crippen LogP contribution < -0.4 is 5.32 Å². The third-order valence-corrected chi connectivity index (χ3v) is 4.01. The lowest BCUT2D eigenvalue weighted by Gasteiger charge is -2.39. The molecule has 0 spiro atoms. The minimum Gasteiger partial charge on any atom is -0.456 e. The zero-order chi connectivity index (χ0) is 18.1. The highest BCUT2D eigenvalue weighted by atomic mass is 16.6. The van der Waals surface area contributed by atoms with E-state index in [9.17, 15) is 14.4 Å². The minimum absolute atomic E-state index is 0.00491. The fourth-order valence-electron chi connectivity index (χ4n) is 2.87. The van der Waals surface area contributed by atoms with E-state index in [2.05, 4.69) is 5.32 Å². The maximum Gasteiger partial charge on any atom is 0.338 e. The molecule has 2 unspecified atom stereocenters. The van der Waals surface area contributed by atoms with Crippen molar-refractivity contribution >= 4 is 17.7 Å². The Hall–Kier alpha value is -2.17. The summed E-state index contributed by atoms with van der Waals surface area (Å²) in [4.78, 5) is 36.2. The highest BCUT2D eigenvalue weighted by Gasteiger charge is 2.42. The lowest BCUT2D eigenvalue weighted by Crippen LogP contribution is -2.60. The first-order valence-electron chi connectivity index (χ1n) is 8.25. The standard InChI is InChI=1S/C19H25NO4/c1-11(2)16-14(20-17(16)22)10-15(21)12-7-6-8-13(9-12)18(23)24-19(3,4)5/h6-9,11,14,16H,10H2,1-5H3,(H,20,22). The zero-order valence-electron chi connectivity index (χ0n) is 14.9. The van der Waals surface area contributed by atoms with Crippen molar-refractivity contribution in [3.63, 3.8) is 0 Å². The number of hydrogen-bond acceptors (Lipinski definition) is 4. The van der Waals surface area contributed by atoms with Crippen LogP contribution in [-0.2, 0) is 9.53 Å². The van der Waals surface area contributed by atoms with Crippen LogP contribution >= 0.6 is 0 Å². The van der Waals surface area contributed by atoms with Gasteiger partial charge in [-0.05, 0) is 38.8 Å². The van der Waals surface area contributed by atoms with Crippen molar-refractivity contribution in [2.75, 3.05) is 0 Å². The number of nitrogens with one attached hydrogen (secondary N) is 1. The highest BCUT2D eigenvalue weighted by molar-refractivity contribution is 6.00. The van der Waals surface area contributed by atoms with Crippen molar-refractivity contribution in [2.24, 2.45) is 11.8 Å². The van der Waals surface area contributed by atoms with Gasteiger partial charge in [0.25, 0.3) is 0 Å². The monoisotopic (exact) mass is 331 g/mol. The zero-order valence-corrected chi connectivity index (χ0v) is 14.9. The lowest BCUT2D eigenvalue weighted by atomic mass is 9.78. The fraction of sp³-hybridized carbons (Fsp3) is 0.526. The van der Waals surface area contributed by atoms with Crippen molar-refractivity contribution in [3.05, 3.63) is 35.4 Å². The number of hydrogen-bond donors (Lipinski definition) is 1. The molecule has 24 heavy (non-hydrogen) atoms. The molecule has 0 bridgehead atoms. The number of carbonyl (C=O) groups is 3. The highest BCUT2D eigenvalue weighted by Crippen LogP contribution is 2.27. The summed E-state index contributed by atoms with van der Waals surface area (Å²) in [6.45, 7) is 9.34. The Balaban J connectivity index is 2.07. The van der Waals surface area contributed by atoms with Crippen LogP contribution in [0.15, 0.2) is 24.3 Å². The molecule has 1 aliphatic rings. The quantitative estimate of drug-likeness (QED) is 0.511. The first-order chi connectivity index (χ1) is 11.1. The van der Waals surface area contributed by atoms with Crippen LogP contribution in [-0.4, -0.2) is 29.3 Å². The van der Waals surface area contributed by atoms with Gasteiger partial charge in [-0.2, -0.15) is 0 Å². The van der Waals surface area contributed by atoms with Crippen LogP contribution in [0.2, 0.25) is 0 Å². The summed E-state index contributed by atoms with van der Waals surface area (Å²) in [5.41, 5.74) is 0.230. The molecule has 1 aromatic rings. The average Bonchev–Trinajstić information content (AvgIpc) is 2.44. The van der Waals surface area contributed by atoms with E-state index in [-0.39, 0.29) is 36.0 Å². The van der Waals surface area contributed by atoms with E-state index in [1.807, 2.05) is 13.8 Å². The fourth-order valence-corrected chi connectivity index (χ4v) is 2.87. The van der Waals surface area contributed by atoms with Gasteiger partial charge in [0.1, 0.15) is 5.60 Å². The minimum atomic E-state index is -0.586. The Morgan fingerprint density at radius 2 is 1.83 bits per heavy atom. The summed E-state index contributed by atoms with van der Waals surface area (Å²) >= 11 is 0. The Kier molecular flexibility index (Phi) is 5.11. The van der Waals surface area contributed by atoms with Crippen LogP contribution in [0.1, 0.15) is 61.8 Å². The van der Waals surface area contributed by atoms with Gasteiger partial charge in [0, 0.05) is 18.0 Å². The van der Waals surface area contributed by atoms with Gasteiger partial charge in [-0.25, -0.2) is 4.79 Å². The second-order valence-corrected chi connectivity index (χ2v) is 7.59. The van der Waals surface area contributed by atoms with Gasteiger partial charge in [-0.3, -0.25) is 9.59 Å². The normalized spacial score (nSPS) is 20.3. The van der Waals surface area contributed by atoms with E-state index in [0.29, 0.717) is 11.1 Å². The molecule has 2 atom stereocenters. The van der Waals surface area contributed by atoms with Crippen molar-refractivity contribution in [2.45, 2.75) is 52.7 Å². The van der Waals surface area contributed by atoms with Gasteiger partial charge in [-0.1, -0.05) is 26.0 Å². The number of β-lactam (4-membered cyclic amide) rings is 1. The summed E-state index contributed by atoms with van der Waals surface area (Å²) in [7, 11) is 0. The van der Waals surface area contributed by atoms with Crippen LogP contribution in [0.25, 0.3) is 0 Å². The van der Waals surface area contributed by atoms with E-state index in [0.717, 1.165) is 0 Å². The number of benzene rings is 1. The number of ether oxygens (including phenoxy) is 1. The van der Waals surface area contributed by atoms with Crippen LogP contribution in [0.4, 0.5) is 0 Å². The summed E-state index contributed by atoms with van der Waals surface area (Å²) < 4.78 is 5.33. The number of Topliss-reactive ketones (excluding diaryl/α,β-unsaturated/α-hetero) is 1. The molecule has 0 radical (unpaired) electrons. The van der Waals surface area contributed by atoms with E-state index >= 15 is 0 Å². The molecule has 1 aliphatic heterocycles. The molecule has 1 N–H and O–H groups in total. The average molecular weight is 331 g/mol. The molecule has 130 valence electrons. The van der Waals surface area contributed by atoms with Gasteiger partial charge < -0.3 is 10.1 Å². The summed E-state index contributed by atoms with van der Waals surface area (Å²) in [5.74, 6) is -0.455. The first-order valence-corrected chi connectivity index (χ1v) is 8.25. The third-order valence-electron chi connectivity index (χ3n) is 4.01. The Morgan fingerprint density at radius 1 is 1.21 bits per heavy atom. The van der Waals surface area contributed by atoms with E-state index < -0.39 is 11.6 Å². The first kappa shape index (κ1) is 18.2. The summed E-state index contributed by atoms with van der Waals surface area (Å²) in [5, 5.41) is 2.79. The number of rotatable bonds is 5. The molecule has 1 fully saturated rings. The Morgan fingerprint density at radius 3 is 2.38 bits per heavy atom. The van der Waals surface area contributed by atoms with Crippen molar-refractivity contribution < 1.29 is 19.1 Å². The molecule has 1 heterocycles.